The maximum Gasteiger partial charge on any atom is 0.263 e. The molecule has 4 nitrogen and oxygen atoms in total. The summed E-state index contributed by atoms with van der Waals surface area (Å²) in [4.78, 5) is 27.8. The summed E-state index contributed by atoms with van der Waals surface area (Å²) in [6.45, 7) is 2.89. The van der Waals surface area contributed by atoms with Gasteiger partial charge < -0.3 is 10.2 Å². The predicted octanol–water partition coefficient (Wildman–Crippen LogP) is 2.47. The SMILES string of the molecule is CCCCNC(=O)C1CCc2sc(C(=O)N(C)C)cc2C1. The van der Waals surface area contributed by atoms with Crippen molar-refractivity contribution in [2.75, 3.05) is 20.6 Å². The number of unbranched alkanes of at least 4 members (excludes halogenated alkanes) is 1. The van der Waals surface area contributed by atoms with Gasteiger partial charge in [-0.15, -0.1) is 11.3 Å². The van der Waals surface area contributed by atoms with Crippen molar-refractivity contribution in [2.24, 2.45) is 5.92 Å². The van der Waals surface area contributed by atoms with Gasteiger partial charge in [0.25, 0.3) is 5.91 Å². The van der Waals surface area contributed by atoms with Crippen LogP contribution in [0.25, 0.3) is 0 Å². The van der Waals surface area contributed by atoms with E-state index in [1.165, 1.54) is 10.4 Å². The van der Waals surface area contributed by atoms with Crippen molar-refractivity contribution in [3.63, 3.8) is 0 Å². The third-order valence-electron chi connectivity index (χ3n) is 3.90. The van der Waals surface area contributed by atoms with Crippen LogP contribution in [0.2, 0.25) is 0 Å². The Balaban J connectivity index is 2.00. The van der Waals surface area contributed by atoms with E-state index in [1.54, 1.807) is 30.3 Å². The number of nitrogens with one attached hydrogen (secondary N) is 1. The highest BCUT2D eigenvalue weighted by atomic mass is 32.1. The Bertz CT molecular complexity index is 522. The van der Waals surface area contributed by atoms with E-state index < -0.39 is 0 Å². The number of hydrogen-bond acceptors (Lipinski definition) is 3. The van der Waals surface area contributed by atoms with Crippen molar-refractivity contribution in [1.29, 1.82) is 0 Å². The molecule has 21 heavy (non-hydrogen) atoms. The third-order valence-corrected chi connectivity index (χ3v) is 5.13. The van der Waals surface area contributed by atoms with Gasteiger partial charge in [0.2, 0.25) is 5.91 Å². The van der Waals surface area contributed by atoms with E-state index in [0.29, 0.717) is 0 Å². The summed E-state index contributed by atoms with van der Waals surface area (Å²) >= 11 is 1.58. The van der Waals surface area contributed by atoms with Crippen LogP contribution >= 0.6 is 11.3 Å². The highest BCUT2D eigenvalue weighted by Gasteiger charge is 2.27. The van der Waals surface area contributed by atoms with Gasteiger partial charge in [-0.25, -0.2) is 0 Å². The molecule has 1 aromatic rings. The second-order valence-corrected chi connectivity index (χ2v) is 6.98. The second kappa shape index (κ2) is 7.07. The van der Waals surface area contributed by atoms with E-state index in [2.05, 4.69) is 12.2 Å². The van der Waals surface area contributed by atoms with Crippen molar-refractivity contribution < 1.29 is 9.59 Å². The fourth-order valence-corrected chi connectivity index (χ4v) is 3.84. The van der Waals surface area contributed by atoms with Crippen molar-refractivity contribution in [2.45, 2.75) is 39.0 Å². The minimum absolute atomic E-state index is 0.0540. The number of aryl methyl sites for hydroxylation is 1. The molecular formula is C16H24N2O2S. The van der Waals surface area contributed by atoms with Crippen LogP contribution in [0.15, 0.2) is 6.07 Å². The fraction of sp³-hybridized carbons (Fsp3) is 0.625. The van der Waals surface area contributed by atoms with Gasteiger partial charge in [-0.05, 0) is 37.3 Å². The van der Waals surface area contributed by atoms with Gasteiger partial charge in [0.05, 0.1) is 4.88 Å². The second-order valence-electron chi connectivity index (χ2n) is 5.84. The first-order valence-corrected chi connectivity index (χ1v) is 8.45. The van der Waals surface area contributed by atoms with Crippen LogP contribution in [0.4, 0.5) is 0 Å². The highest BCUT2D eigenvalue weighted by Crippen LogP contribution is 2.32. The number of nitrogens with zero attached hydrogens (tertiary/aromatic N) is 1. The van der Waals surface area contributed by atoms with Gasteiger partial charge >= 0.3 is 0 Å². The molecule has 2 amide bonds. The van der Waals surface area contributed by atoms with Gasteiger partial charge in [0.1, 0.15) is 0 Å². The summed E-state index contributed by atoms with van der Waals surface area (Å²) < 4.78 is 0. The number of amides is 2. The molecular weight excluding hydrogens is 284 g/mol. The summed E-state index contributed by atoms with van der Waals surface area (Å²) in [6.07, 6.45) is 4.69. The van der Waals surface area contributed by atoms with E-state index in [0.717, 1.165) is 43.5 Å². The van der Waals surface area contributed by atoms with Gasteiger partial charge in [-0.1, -0.05) is 13.3 Å². The highest BCUT2D eigenvalue weighted by molar-refractivity contribution is 7.14. The van der Waals surface area contributed by atoms with Crippen LogP contribution in [-0.2, 0) is 17.6 Å². The number of rotatable bonds is 5. The molecule has 0 aromatic carbocycles. The Morgan fingerprint density at radius 1 is 1.43 bits per heavy atom. The Labute approximate surface area is 130 Å². The van der Waals surface area contributed by atoms with E-state index in [9.17, 15) is 9.59 Å². The van der Waals surface area contributed by atoms with Crippen LogP contribution in [0, 0.1) is 5.92 Å². The maximum atomic E-state index is 12.1. The Kier molecular flexibility index (Phi) is 5.39. The van der Waals surface area contributed by atoms with Gasteiger partial charge in [0.15, 0.2) is 0 Å². The minimum Gasteiger partial charge on any atom is -0.356 e. The lowest BCUT2D eigenvalue weighted by atomic mass is 9.87. The van der Waals surface area contributed by atoms with Gasteiger partial charge in [-0.2, -0.15) is 0 Å². The van der Waals surface area contributed by atoms with Crippen LogP contribution in [0.3, 0.4) is 0 Å². The molecule has 1 atom stereocenters. The molecule has 116 valence electrons. The Hall–Kier alpha value is -1.36. The Morgan fingerprint density at radius 3 is 2.86 bits per heavy atom. The molecule has 1 unspecified atom stereocenters. The monoisotopic (exact) mass is 308 g/mol. The molecule has 1 aromatic heterocycles. The molecule has 1 heterocycles. The van der Waals surface area contributed by atoms with E-state index in [-0.39, 0.29) is 17.7 Å². The number of thiophene rings is 1. The Morgan fingerprint density at radius 2 is 2.19 bits per heavy atom. The summed E-state index contributed by atoms with van der Waals surface area (Å²) in [7, 11) is 3.54. The lowest BCUT2D eigenvalue weighted by Crippen LogP contribution is -2.34. The molecule has 5 heteroatoms. The zero-order valence-electron chi connectivity index (χ0n) is 13.1. The van der Waals surface area contributed by atoms with Crippen molar-refractivity contribution in [3.05, 3.63) is 21.4 Å². The lowest BCUT2D eigenvalue weighted by Gasteiger charge is -2.21. The quantitative estimate of drug-likeness (QED) is 0.850. The molecule has 2 rings (SSSR count). The number of fused-ring (bicyclic) bond motifs is 1. The van der Waals surface area contributed by atoms with E-state index >= 15 is 0 Å². The lowest BCUT2D eigenvalue weighted by molar-refractivity contribution is -0.125. The summed E-state index contributed by atoms with van der Waals surface area (Å²) in [5.41, 5.74) is 1.19. The van der Waals surface area contributed by atoms with E-state index in [4.69, 9.17) is 0 Å². The first-order valence-electron chi connectivity index (χ1n) is 7.63. The largest absolute Gasteiger partial charge is 0.356 e. The maximum absolute atomic E-state index is 12.1. The number of carbonyl (C=O) groups excluding carboxylic acids is 2. The molecule has 0 aliphatic heterocycles. The molecule has 0 bridgehead atoms. The predicted molar refractivity (Wildman–Crippen MR) is 85.8 cm³/mol. The first kappa shape index (κ1) is 16.0. The topological polar surface area (TPSA) is 49.4 Å². The van der Waals surface area contributed by atoms with Gasteiger partial charge in [-0.3, -0.25) is 9.59 Å². The zero-order valence-corrected chi connectivity index (χ0v) is 13.9. The normalized spacial score (nSPS) is 17.2. The zero-order chi connectivity index (χ0) is 15.4. The molecule has 1 aliphatic rings. The van der Waals surface area contributed by atoms with Crippen LogP contribution in [-0.4, -0.2) is 37.4 Å². The van der Waals surface area contributed by atoms with E-state index in [1.807, 2.05) is 6.07 Å². The smallest absolute Gasteiger partial charge is 0.263 e. The van der Waals surface area contributed by atoms with Crippen LogP contribution in [0.1, 0.15) is 46.3 Å². The molecule has 0 fully saturated rings. The number of hydrogen-bond donors (Lipinski definition) is 1. The molecule has 1 N–H and O–H groups in total. The average Bonchev–Trinajstić information content (AvgIpc) is 2.89. The molecule has 0 spiro atoms. The fourth-order valence-electron chi connectivity index (χ4n) is 2.61. The number of carbonyl (C=O) groups is 2. The third kappa shape index (κ3) is 3.84. The standard InChI is InChI=1S/C16H24N2O2S/c1-4-5-8-17-15(19)11-6-7-13-12(9-11)10-14(21-13)16(20)18(2)3/h10-11H,4-9H2,1-3H3,(H,17,19). The minimum atomic E-state index is 0.0540. The van der Waals surface area contributed by atoms with Crippen molar-refractivity contribution in [3.8, 4) is 0 Å². The summed E-state index contributed by atoms with van der Waals surface area (Å²) in [5, 5.41) is 3.02. The van der Waals surface area contributed by atoms with Crippen LogP contribution in [0.5, 0.6) is 0 Å². The van der Waals surface area contributed by atoms with Crippen molar-refractivity contribution in [1.82, 2.24) is 10.2 Å². The summed E-state index contributed by atoms with van der Waals surface area (Å²) in [5.74, 6) is 0.283. The molecule has 0 saturated heterocycles. The van der Waals surface area contributed by atoms with Gasteiger partial charge in [0, 0.05) is 31.4 Å². The summed E-state index contributed by atoms with van der Waals surface area (Å²) in [6, 6.07) is 1.98. The molecule has 0 saturated carbocycles. The molecule has 1 aliphatic carbocycles. The molecule has 0 radical (unpaired) electrons. The van der Waals surface area contributed by atoms with Crippen LogP contribution < -0.4 is 5.32 Å². The average molecular weight is 308 g/mol. The van der Waals surface area contributed by atoms with Crippen molar-refractivity contribution >= 4 is 23.2 Å². The first-order chi connectivity index (χ1) is 10.0.